The molecule has 0 unspecified atom stereocenters. The summed E-state index contributed by atoms with van der Waals surface area (Å²) in [5, 5.41) is 56.0. The van der Waals surface area contributed by atoms with Crippen LogP contribution < -0.4 is 42.0 Å². The van der Waals surface area contributed by atoms with Crippen LogP contribution in [0.1, 0.15) is 63.6 Å². The van der Waals surface area contributed by atoms with Crippen molar-refractivity contribution in [2.24, 2.45) is 5.92 Å². The molecule has 22 nitrogen and oxygen atoms in total. The number of carboxylic acid groups (broad SMARTS) is 3. The highest BCUT2D eigenvalue weighted by Gasteiger charge is 2.36. The van der Waals surface area contributed by atoms with Gasteiger partial charge in [-0.05, 0) is 55.0 Å². The third-order valence-electron chi connectivity index (χ3n) is 10.5. The lowest BCUT2D eigenvalue weighted by Crippen LogP contribution is -2.61. The van der Waals surface area contributed by atoms with Crippen LogP contribution in [0.15, 0.2) is 84.9 Å². The van der Waals surface area contributed by atoms with Crippen molar-refractivity contribution < 1.29 is 73.1 Å². The standard InChI is InChI=1S/C48H61N7O15/c1-26(2)20-33(53-47(67)41(28(4)56)55-46(66)34(21-29-12-8-6-9-13-29)50-38(57)23-31-16-18-32(70-5)19-17-31)44(64)52-35(24-39(58)59)43(63)49-27(3)42(62)51-36(25-40(60)61)45(65)54-37(48(68)69)22-30-14-10-7-11-15-30/h6-19,26-28,33-37,41,56H,20-25H2,1-5H3,(H,49,63)(H,50,57)(H,51,62)(H,52,64)(H,53,67)(H,54,65)(H,55,66)(H,58,59)(H,60,61)(H,68,69)/t27-,28-,33-,34-,35-,36-,37-,41-/m0/s1. The van der Waals surface area contributed by atoms with Crippen molar-refractivity contribution in [3.05, 3.63) is 102 Å². The zero-order chi connectivity index (χ0) is 52.1. The van der Waals surface area contributed by atoms with Gasteiger partial charge in [0.1, 0.15) is 48.0 Å². The Morgan fingerprint density at radius 3 is 1.40 bits per heavy atom. The molecule has 0 spiro atoms. The number of aliphatic hydroxyl groups excluding tert-OH is 1. The minimum absolute atomic E-state index is 0.0124. The number of ether oxygens (including phenoxy) is 1. The van der Waals surface area contributed by atoms with Gasteiger partial charge in [0.15, 0.2) is 0 Å². The Balaban J connectivity index is 1.75. The lowest BCUT2D eigenvalue weighted by Gasteiger charge is -2.28. The fourth-order valence-electron chi connectivity index (χ4n) is 6.90. The predicted molar refractivity (Wildman–Crippen MR) is 249 cm³/mol. The van der Waals surface area contributed by atoms with Crippen LogP contribution in [0.3, 0.4) is 0 Å². The van der Waals surface area contributed by atoms with Crippen LogP contribution in [0.2, 0.25) is 0 Å². The quantitative estimate of drug-likeness (QED) is 0.0441. The van der Waals surface area contributed by atoms with Gasteiger partial charge in [0.2, 0.25) is 41.4 Å². The molecule has 3 aromatic carbocycles. The summed E-state index contributed by atoms with van der Waals surface area (Å²) < 4.78 is 5.16. The molecule has 22 heteroatoms. The normalized spacial score (nSPS) is 14.3. The largest absolute Gasteiger partial charge is 0.497 e. The molecular weight excluding hydrogens is 915 g/mol. The van der Waals surface area contributed by atoms with E-state index >= 15 is 0 Å². The molecule has 0 aromatic heterocycles. The van der Waals surface area contributed by atoms with Crippen molar-refractivity contribution in [3.63, 3.8) is 0 Å². The lowest BCUT2D eigenvalue weighted by atomic mass is 10.0. The van der Waals surface area contributed by atoms with Crippen molar-refractivity contribution in [3.8, 4) is 5.75 Å². The molecule has 70 heavy (non-hydrogen) atoms. The summed E-state index contributed by atoms with van der Waals surface area (Å²) in [5.74, 6) is -11.3. The highest BCUT2D eigenvalue weighted by atomic mass is 16.5. The van der Waals surface area contributed by atoms with Crippen LogP contribution in [0.25, 0.3) is 0 Å². The number of aliphatic carboxylic acids is 3. The lowest BCUT2D eigenvalue weighted by molar-refractivity contribution is -0.143. The molecule has 378 valence electrons. The first-order valence-electron chi connectivity index (χ1n) is 22.2. The Morgan fingerprint density at radius 2 is 0.929 bits per heavy atom. The third-order valence-corrected chi connectivity index (χ3v) is 10.5. The maximum Gasteiger partial charge on any atom is 0.326 e. The molecule has 0 aliphatic carbocycles. The van der Waals surface area contributed by atoms with Crippen molar-refractivity contribution >= 4 is 59.3 Å². The number of amides is 7. The Morgan fingerprint density at radius 1 is 0.486 bits per heavy atom. The van der Waals surface area contributed by atoms with Crippen LogP contribution in [-0.2, 0) is 67.2 Å². The van der Waals surface area contributed by atoms with E-state index in [1.54, 1.807) is 98.8 Å². The summed E-state index contributed by atoms with van der Waals surface area (Å²) in [7, 11) is 1.50. The van der Waals surface area contributed by atoms with E-state index in [-0.39, 0.29) is 31.6 Å². The van der Waals surface area contributed by atoms with Crippen molar-refractivity contribution in [1.82, 2.24) is 37.2 Å². The van der Waals surface area contributed by atoms with E-state index in [2.05, 4.69) is 37.2 Å². The molecular formula is C48H61N7O15. The number of hydrogen-bond acceptors (Lipinski definition) is 12. The summed E-state index contributed by atoms with van der Waals surface area (Å²) in [5.41, 5.74) is 1.81. The van der Waals surface area contributed by atoms with Crippen molar-refractivity contribution in [2.75, 3.05) is 7.11 Å². The summed E-state index contributed by atoms with van der Waals surface area (Å²) in [4.78, 5) is 130. The first-order chi connectivity index (χ1) is 33.1. The van der Waals surface area contributed by atoms with E-state index in [1.165, 1.54) is 14.0 Å². The number of rotatable bonds is 28. The van der Waals surface area contributed by atoms with Gasteiger partial charge in [-0.3, -0.25) is 43.2 Å². The number of aliphatic hydroxyl groups is 1. The highest BCUT2D eigenvalue weighted by molar-refractivity contribution is 5.99. The van der Waals surface area contributed by atoms with Crippen LogP contribution in [-0.4, -0.2) is 135 Å². The topological polar surface area (TPSA) is 345 Å². The van der Waals surface area contributed by atoms with Crippen LogP contribution >= 0.6 is 0 Å². The molecule has 0 aliphatic heterocycles. The molecule has 0 saturated heterocycles. The fraction of sp³-hybridized carbons (Fsp3) is 0.417. The number of methoxy groups -OCH3 is 1. The predicted octanol–water partition coefficient (Wildman–Crippen LogP) is -0.403. The maximum absolute atomic E-state index is 13.9. The molecule has 7 amide bonds. The minimum Gasteiger partial charge on any atom is -0.497 e. The van der Waals surface area contributed by atoms with E-state index in [0.717, 1.165) is 6.92 Å². The smallest absolute Gasteiger partial charge is 0.326 e. The van der Waals surface area contributed by atoms with Gasteiger partial charge in [-0.15, -0.1) is 0 Å². The first-order valence-corrected chi connectivity index (χ1v) is 22.2. The average Bonchev–Trinajstić information content (AvgIpc) is 3.29. The van der Waals surface area contributed by atoms with Gasteiger partial charge in [0.25, 0.3) is 0 Å². The Hall–Kier alpha value is -7.88. The van der Waals surface area contributed by atoms with E-state index in [0.29, 0.717) is 22.4 Å². The third kappa shape index (κ3) is 19.4. The average molecular weight is 976 g/mol. The Labute approximate surface area is 403 Å². The van der Waals surface area contributed by atoms with E-state index in [4.69, 9.17) is 4.74 Å². The number of hydrogen-bond donors (Lipinski definition) is 11. The van der Waals surface area contributed by atoms with Crippen LogP contribution in [0, 0.1) is 5.92 Å². The van der Waals surface area contributed by atoms with E-state index in [9.17, 15) is 68.4 Å². The van der Waals surface area contributed by atoms with Crippen molar-refractivity contribution in [2.45, 2.75) is 115 Å². The second-order valence-corrected chi connectivity index (χ2v) is 16.9. The SMILES string of the molecule is COc1ccc(CC(=O)N[C@@H](Cc2ccccc2)C(=O)N[C@H](C(=O)N[C@@H](CC(C)C)C(=O)N[C@@H](CC(=O)O)C(=O)N[C@@H](C)C(=O)N[C@@H](CC(=O)O)C(=O)N[C@@H](Cc2ccccc2)C(=O)O)[C@H](C)O)cc1. The van der Waals surface area contributed by atoms with Gasteiger partial charge < -0.3 is 62.4 Å². The Bertz CT molecular complexity index is 2300. The molecule has 3 rings (SSSR count). The fourth-order valence-corrected chi connectivity index (χ4v) is 6.90. The van der Waals surface area contributed by atoms with Gasteiger partial charge in [-0.25, -0.2) is 4.79 Å². The number of benzene rings is 3. The van der Waals surface area contributed by atoms with Crippen molar-refractivity contribution in [1.29, 1.82) is 0 Å². The molecule has 0 radical (unpaired) electrons. The second-order valence-electron chi connectivity index (χ2n) is 16.9. The number of carbonyl (C=O) groups is 10. The zero-order valence-corrected chi connectivity index (χ0v) is 39.3. The van der Waals surface area contributed by atoms with Gasteiger partial charge in [0, 0.05) is 12.8 Å². The molecule has 11 N–H and O–H groups in total. The molecule has 0 bridgehead atoms. The van der Waals surface area contributed by atoms with Gasteiger partial charge >= 0.3 is 17.9 Å². The molecule has 8 atom stereocenters. The first kappa shape index (κ1) is 56.4. The second kappa shape index (κ2) is 27.8. The Kier molecular flexibility index (Phi) is 22.4. The minimum atomic E-state index is -1.88. The van der Waals surface area contributed by atoms with Crippen LogP contribution in [0.4, 0.5) is 0 Å². The van der Waals surface area contributed by atoms with E-state index < -0.39 is 120 Å². The summed E-state index contributed by atoms with van der Waals surface area (Å²) in [6, 6.07) is 12.3. The monoisotopic (exact) mass is 975 g/mol. The van der Waals surface area contributed by atoms with Gasteiger partial charge in [0.05, 0.1) is 32.5 Å². The summed E-state index contributed by atoms with van der Waals surface area (Å²) >= 11 is 0. The zero-order valence-electron chi connectivity index (χ0n) is 39.3. The number of carboxylic acids is 3. The van der Waals surface area contributed by atoms with Gasteiger partial charge in [-0.2, -0.15) is 0 Å². The summed E-state index contributed by atoms with van der Waals surface area (Å²) in [6.45, 7) is 5.69. The molecule has 0 saturated carbocycles. The summed E-state index contributed by atoms with van der Waals surface area (Å²) in [6.07, 6.45) is -3.99. The highest BCUT2D eigenvalue weighted by Crippen LogP contribution is 2.13. The maximum atomic E-state index is 13.9. The van der Waals surface area contributed by atoms with E-state index in [1.807, 2.05) is 0 Å². The molecule has 0 aliphatic rings. The molecule has 0 heterocycles. The van der Waals surface area contributed by atoms with Gasteiger partial charge in [-0.1, -0.05) is 86.6 Å². The molecule has 3 aromatic rings. The molecule has 0 fully saturated rings. The number of nitrogens with one attached hydrogen (secondary N) is 7. The number of carbonyl (C=O) groups excluding carboxylic acids is 7. The van der Waals surface area contributed by atoms with Crippen LogP contribution in [0.5, 0.6) is 5.75 Å².